The van der Waals surface area contributed by atoms with E-state index in [4.69, 9.17) is 66.3 Å². The van der Waals surface area contributed by atoms with Crippen molar-refractivity contribution >= 4 is 76.2 Å². The van der Waals surface area contributed by atoms with Crippen molar-refractivity contribution in [2.45, 2.75) is 163 Å². The smallest absolute Gasteiger partial charge is 0.303 e. The lowest BCUT2D eigenvalue weighted by molar-refractivity contribution is -0.288. The summed E-state index contributed by atoms with van der Waals surface area (Å²) in [5, 5.41) is 0. The van der Waals surface area contributed by atoms with Crippen molar-refractivity contribution in [3.8, 4) is 23.0 Å². The summed E-state index contributed by atoms with van der Waals surface area (Å²) in [7, 11) is 3.12. The molecule has 25 heteroatoms. The van der Waals surface area contributed by atoms with Crippen LogP contribution >= 0.6 is 22.7 Å². The van der Waals surface area contributed by atoms with Gasteiger partial charge in [0.05, 0.1) is 19.1 Å². The third kappa shape index (κ3) is 19.2. The number of ketones is 1. The van der Waals surface area contributed by atoms with Gasteiger partial charge in [0.15, 0.2) is 24.4 Å². The quantitative estimate of drug-likeness (QED) is 0.0418. The van der Waals surface area contributed by atoms with Gasteiger partial charge in [0.2, 0.25) is 30.6 Å². The van der Waals surface area contributed by atoms with E-state index in [1.807, 2.05) is 44.2 Å². The third-order valence-electron chi connectivity index (χ3n) is 12.1. The Bertz CT molecular complexity index is 2910. The second kappa shape index (κ2) is 30.6. The van der Waals surface area contributed by atoms with Crippen molar-refractivity contribution in [2.75, 3.05) is 27.4 Å². The summed E-state index contributed by atoms with van der Waals surface area (Å²) in [5.41, 5.74) is 1.38. The van der Waals surface area contributed by atoms with Gasteiger partial charge in [-0.2, -0.15) is 0 Å². The molecule has 0 spiro atoms. The number of esters is 8. The molecule has 4 heterocycles. The van der Waals surface area contributed by atoms with E-state index in [2.05, 4.69) is 13.8 Å². The van der Waals surface area contributed by atoms with Gasteiger partial charge in [0, 0.05) is 77.1 Å². The second-order valence-corrected chi connectivity index (χ2v) is 21.8. The van der Waals surface area contributed by atoms with Crippen molar-refractivity contribution in [2.24, 2.45) is 0 Å². The molecular formula is C58H70O23S2. The van der Waals surface area contributed by atoms with Crippen molar-refractivity contribution in [3.63, 3.8) is 0 Å². The fraction of sp³-hybridized carbons (Fsp3) is 0.500. The molecule has 83 heavy (non-hydrogen) atoms. The highest BCUT2D eigenvalue weighted by Crippen LogP contribution is 2.41. The number of rotatable bonds is 22. The molecule has 2 aliphatic heterocycles. The Balaban J connectivity index is 0.000000304. The summed E-state index contributed by atoms with van der Waals surface area (Å²) >= 11 is 2.79. The summed E-state index contributed by atoms with van der Waals surface area (Å²) in [5.74, 6) is -3.83. The van der Waals surface area contributed by atoms with E-state index in [-0.39, 0.29) is 34.9 Å². The van der Waals surface area contributed by atoms with E-state index in [0.717, 1.165) is 46.7 Å². The van der Waals surface area contributed by atoms with Gasteiger partial charge in [-0.15, -0.1) is 22.7 Å². The van der Waals surface area contributed by atoms with E-state index in [0.29, 0.717) is 23.5 Å². The summed E-state index contributed by atoms with van der Waals surface area (Å²) in [6.07, 6.45) is -12.6. The van der Waals surface area contributed by atoms with E-state index in [1.165, 1.54) is 53.1 Å². The maximum Gasteiger partial charge on any atom is 0.303 e. The molecule has 2 aromatic carbocycles. The molecule has 10 unspecified atom stereocenters. The predicted octanol–water partition coefficient (Wildman–Crippen LogP) is 7.51. The number of benzene rings is 2. The zero-order valence-electron chi connectivity index (χ0n) is 48.5. The molecule has 6 rings (SSSR count). The van der Waals surface area contributed by atoms with Crippen molar-refractivity contribution < 1.29 is 109 Å². The van der Waals surface area contributed by atoms with Crippen LogP contribution < -0.4 is 18.9 Å². The fourth-order valence-electron chi connectivity index (χ4n) is 8.48. The van der Waals surface area contributed by atoms with E-state index in [1.54, 1.807) is 48.8 Å². The summed E-state index contributed by atoms with van der Waals surface area (Å²) in [6, 6.07) is 17.8. The maximum atomic E-state index is 13.6. The maximum absolute atomic E-state index is 13.6. The first kappa shape index (κ1) is 66.2. The molecule has 2 aliphatic rings. The normalized spacial score (nSPS) is 21.8. The summed E-state index contributed by atoms with van der Waals surface area (Å²) in [4.78, 5) is 112. The molecule has 10 atom stereocenters. The first-order valence-electron chi connectivity index (χ1n) is 26.2. The molecule has 0 radical (unpaired) electrons. The summed E-state index contributed by atoms with van der Waals surface area (Å²) < 4.78 is 78.3. The van der Waals surface area contributed by atoms with Crippen molar-refractivity contribution in [1.82, 2.24) is 0 Å². The number of thiophene rings is 2. The molecule has 0 aliphatic carbocycles. The molecule has 0 bridgehead atoms. The molecule has 0 amide bonds. The van der Waals surface area contributed by atoms with Gasteiger partial charge in [0.1, 0.15) is 53.3 Å². The Morgan fingerprint density at radius 2 is 0.819 bits per heavy atom. The Labute approximate surface area is 488 Å². The van der Waals surface area contributed by atoms with Gasteiger partial charge in [-0.25, -0.2) is 0 Å². The molecule has 0 N–H and O–H groups in total. The predicted molar refractivity (Wildman–Crippen MR) is 294 cm³/mol. The topological polar surface area (TPSA) is 283 Å². The standard InChI is InChI=1S/C29H34O12S.C29H36O11S/c1-14(2)23-12-21(28(42-23)24(34)19-8-10-20(35-7)11-9-19)40-29-27(39-18(6)33)26(38-17(5)32)25(37-16(4)31)22(41-29)13-36-15(3)30;1-15(2)24-13-22(25(41-24)12-20-8-10-21(34-7)11-9-20)39-29-28(38-19(6)33)27(37-18(5)32)26(36-17(4)31)23(40-29)14-35-16(3)30/h8-12,14,22,25-27,29H,13H2,1-7H3;8-11,13,15,23,26-29H,12,14H2,1-7H3. The molecule has 2 fully saturated rings. The van der Waals surface area contributed by atoms with Gasteiger partial charge in [-0.05, 0) is 65.9 Å². The molecule has 2 aromatic heterocycles. The Morgan fingerprint density at radius 1 is 0.458 bits per heavy atom. The molecule has 4 aromatic rings. The van der Waals surface area contributed by atoms with Crippen LogP contribution in [-0.4, -0.2) is 142 Å². The minimum atomic E-state index is -1.47. The second-order valence-electron chi connectivity index (χ2n) is 19.5. The highest BCUT2D eigenvalue weighted by Gasteiger charge is 2.55. The number of methoxy groups -OCH3 is 2. The van der Waals surface area contributed by atoms with Crippen LogP contribution in [0.3, 0.4) is 0 Å². The number of carbonyl (C=O) groups is 9. The van der Waals surface area contributed by atoms with Gasteiger partial charge in [-0.1, -0.05) is 39.8 Å². The van der Waals surface area contributed by atoms with Crippen LogP contribution in [0.15, 0.2) is 60.7 Å². The molecule has 23 nitrogen and oxygen atoms in total. The Hall–Kier alpha value is -7.61. The first-order valence-corrected chi connectivity index (χ1v) is 27.8. The fourth-order valence-corrected chi connectivity index (χ4v) is 10.7. The minimum Gasteiger partial charge on any atom is -0.497 e. The average Bonchev–Trinajstić information content (AvgIpc) is 3.55. The van der Waals surface area contributed by atoms with Crippen LogP contribution in [-0.2, 0) is 92.1 Å². The van der Waals surface area contributed by atoms with Gasteiger partial charge in [-0.3, -0.25) is 43.2 Å². The molecular weight excluding hydrogens is 1130 g/mol. The zero-order valence-corrected chi connectivity index (χ0v) is 50.2. The SMILES string of the molecule is COc1ccc(C(=O)c2sc(C(C)C)cc2OC2OC(COC(C)=O)C(OC(C)=O)C(OC(C)=O)C2OC(C)=O)cc1.COc1ccc(Cc2sc(C(C)C)cc2OC2OC(COC(C)=O)C(OC(C)=O)C(OC(C)=O)C2OC(C)=O)cc1. The first-order chi connectivity index (χ1) is 39.2. The average molecular weight is 1200 g/mol. The lowest BCUT2D eigenvalue weighted by atomic mass is 9.98. The highest BCUT2D eigenvalue weighted by molar-refractivity contribution is 7.14. The highest BCUT2D eigenvalue weighted by atomic mass is 32.1. The minimum absolute atomic E-state index is 0.0326. The number of hydrogen-bond donors (Lipinski definition) is 0. The number of hydrogen-bond acceptors (Lipinski definition) is 25. The molecule has 0 saturated carbocycles. The van der Waals surface area contributed by atoms with Crippen LogP contribution in [0.25, 0.3) is 0 Å². The van der Waals surface area contributed by atoms with Crippen molar-refractivity contribution in [3.05, 3.63) is 91.3 Å². The third-order valence-corrected chi connectivity index (χ3v) is 14.9. The Kier molecular flexibility index (Phi) is 24.4. The van der Waals surface area contributed by atoms with E-state index < -0.39 is 116 Å². The van der Waals surface area contributed by atoms with Crippen LogP contribution in [0.1, 0.15) is 130 Å². The van der Waals surface area contributed by atoms with Gasteiger partial charge >= 0.3 is 47.8 Å². The van der Waals surface area contributed by atoms with E-state index in [9.17, 15) is 43.2 Å². The number of ether oxygens (including phenoxy) is 14. The van der Waals surface area contributed by atoms with Crippen LogP contribution in [0.4, 0.5) is 0 Å². The lowest BCUT2D eigenvalue weighted by Gasteiger charge is -2.43. The van der Waals surface area contributed by atoms with Crippen LogP contribution in [0.5, 0.6) is 23.0 Å². The van der Waals surface area contributed by atoms with Crippen LogP contribution in [0.2, 0.25) is 0 Å². The largest absolute Gasteiger partial charge is 0.497 e. The van der Waals surface area contributed by atoms with E-state index >= 15 is 0 Å². The lowest BCUT2D eigenvalue weighted by Crippen LogP contribution is -2.63. The van der Waals surface area contributed by atoms with Crippen molar-refractivity contribution in [1.29, 1.82) is 0 Å². The van der Waals surface area contributed by atoms with Crippen LogP contribution in [0, 0.1) is 0 Å². The molecule has 2 saturated heterocycles. The zero-order chi connectivity index (χ0) is 61.4. The summed E-state index contributed by atoms with van der Waals surface area (Å²) in [6.45, 7) is 16.6. The van der Waals surface area contributed by atoms with Gasteiger partial charge < -0.3 is 66.3 Å². The monoisotopic (exact) mass is 1200 g/mol. The number of carbonyl (C=O) groups excluding carboxylic acids is 9. The van der Waals surface area contributed by atoms with Gasteiger partial charge in [0.25, 0.3) is 0 Å². The molecule has 452 valence electrons. The Morgan fingerprint density at radius 3 is 1.20 bits per heavy atom.